The molecule has 1 fully saturated rings. The maximum atomic E-state index is 10.1. The van der Waals surface area contributed by atoms with Gasteiger partial charge in [-0.2, -0.15) is 18.6 Å². The molecule has 0 saturated carbocycles. The molecule has 0 amide bonds. The van der Waals surface area contributed by atoms with E-state index in [2.05, 4.69) is 46.4 Å². The van der Waals surface area contributed by atoms with Gasteiger partial charge in [-0.1, -0.05) is 12.1 Å². The molecule has 2 heterocycles. The summed E-state index contributed by atoms with van der Waals surface area (Å²) in [5, 5.41) is 15.7. The molecular formula is C20H20N4O2Y-2. The van der Waals surface area contributed by atoms with Gasteiger partial charge in [0.15, 0.2) is 0 Å². The quantitative estimate of drug-likeness (QED) is 0.342. The van der Waals surface area contributed by atoms with Crippen LogP contribution in [0.5, 0.6) is 0 Å². The van der Waals surface area contributed by atoms with Crippen LogP contribution in [0.25, 0.3) is 16.2 Å². The zero-order chi connectivity index (χ0) is 18.4. The molecule has 1 aromatic heterocycles. The zero-order valence-corrected chi connectivity index (χ0v) is 17.8. The number of aromatic nitrogens is 1. The Balaban J connectivity index is 0.000000208. The van der Waals surface area contributed by atoms with Crippen molar-refractivity contribution in [1.82, 2.24) is 4.98 Å². The molecule has 27 heavy (non-hydrogen) atoms. The van der Waals surface area contributed by atoms with Gasteiger partial charge in [0.2, 0.25) is 5.69 Å². The molecule has 137 valence electrons. The minimum Gasteiger partial charge on any atom is -0.659 e. The molecule has 0 atom stereocenters. The largest absolute Gasteiger partial charge is 0.659 e. The number of non-ortho nitro benzene ring substituents is 1. The van der Waals surface area contributed by atoms with Gasteiger partial charge < -0.3 is 10.2 Å². The van der Waals surface area contributed by atoms with E-state index in [1.807, 2.05) is 12.3 Å². The van der Waals surface area contributed by atoms with Crippen LogP contribution < -0.4 is 4.90 Å². The molecule has 1 saturated heterocycles. The third-order valence-corrected chi connectivity index (χ3v) is 4.14. The van der Waals surface area contributed by atoms with E-state index in [-0.39, 0.29) is 38.4 Å². The first kappa shape index (κ1) is 21.3. The molecule has 0 N–H and O–H groups in total. The van der Waals surface area contributed by atoms with E-state index in [1.54, 1.807) is 12.1 Å². The summed E-state index contributed by atoms with van der Waals surface area (Å²) in [6, 6.07) is 16.7. The van der Waals surface area contributed by atoms with Gasteiger partial charge in [-0.15, -0.1) is 19.2 Å². The SMILES string of the molecule is [CH2-]c1cccc([N+](=O)[O-])c1.[Y].c1cc(N2CC[N-]CC2)c2cccnc2c1. The molecule has 4 rings (SSSR count). The van der Waals surface area contributed by atoms with Gasteiger partial charge in [0.05, 0.1) is 5.52 Å². The minimum absolute atomic E-state index is 0. The predicted octanol–water partition coefficient (Wildman–Crippen LogP) is 4.20. The predicted molar refractivity (Wildman–Crippen MR) is 105 cm³/mol. The van der Waals surface area contributed by atoms with Crippen LogP contribution in [0.3, 0.4) is 0 Å². The molecule has 1 radical (unpaired) electrons. The fraction of sp³-hybridized carbons (Fsp3) is 0.200. The average molecular weight is 437 g/mol. The van der Waals surface area contributed by atoms with Crippen LogP contribution in [0.2, 0.25) is 0 Å². The van der Waals surface area contributed by atoms with Crippen molar-refractivity contribution in [2.75, 3.05) is 31.1 Å². The van der Waals surface area contributed by atoms with E-state index in [9.17, 15) is 10.1 Å². The molecule has 0 unspecified atom stereocenters. The van der Waals surface area contributed by atoms with E-state index in [4.69, 9.17) is 0 Å². The zero-order valence-electron chi connectivity index (χ0n) is 15.0. The number of nitrogens with zero attached hydrogens (tertiary/aromatic N) is 4. The van der Waals surface area contributed by atoms with E-state index >= 15 is 0 Å². The van der Waals surface area contributed by atoms with Crippen LogP contribution in [0.4, 0.5) is 11.4 Å². The van der Waals surface area contributed by atoms with Crippen molar-refractivity contribution in [3.8, 4) is 0 Å². The number of pyridine rings is 1. The monoisotopic (exact) mass is 437 g/mol. The van der Waals surface area contributed by atoms with E-state index in [0.717, 1.165) is 31.7 Å². The Morgan fingerprint density at radius 1 is 1.07 bits per heavy atom. The normalized spacial score (nSPS) is 13.3. The maximum absolute atomic E-state index is 10.1. The maximum Gasteiger partial charge on any atom is 0.216 e. The van der Waals surface area contributed by atoms with Crippen LogP contribution in [0.15, 0.2) is 60.8 Å². The number of benzene rings is 2. The van der Waals surface area contributed by atoms with Crippen LogP contribution in [0.1, 0.15) is 5.56 Å². The summed E-state index contributed by atoms with van der Waals surface area (Å²) in [6.45, 7) is 7.49. The molecule has 0 spiro atoms. The van der Waals surface area contributed by atoms with Gasteiger partial charge in [0.25, 0.3) is 0 Å². The Labute approximate surface area is 184 Å². The van der Waals surface area contributed by atoms with Crippen molar-refractivity contribution >= 4 is 22.3 Å². The number of nitro benzene ring substituents is 1. The first-order chi connectivity index (χ1) is 12.6. The number of piperazine rings is 1. The van der Waals surface area contributed by atoms with Crippen molar-refractivity contribution in [1.29, 1.82) is 0 Å². The van der Waals surface area contributed by atoms with Crippen molar-refractivity contribution in [3.05, 3.63) is 88.7 Å². The van der Waals surface area contributed by atoms with Crippen LogP contribution in [0, 0.1) is 17.0 Å². The Hall–Kier alpha value is -2.02. The average Bonchev–Trinajstić information content (AvgIpc) is 2.69. The molecule has 7 heteroatoms. The third-order valence-electron chi connectivity index (χ3n) is 4.14. The Kier molecular flexibility index (Phi) is 8.16. The molecular weight excluding hydrogens is 417 g/mol. The molecule has 3 aromatic rings. The molecule has 1 aliphatic heterocycles. The number of anilines is 1. The van der Waals surface area contributed by atoms with Crippen molar-refractivity contribution in [2.24, 2.45) is 0 Å². The Morgan fingerprint density at radius 3 is 2.48 bits per heavy atom. The molecule has 0 aliphatic carbocycles. The summed E-state index contributed by atoms with van der Waals surface area (Å²) < 4.78 is 0. The van der Waals surface area contributed by atoms with Crippen molar-refractivity contribution in [2.45, 2.75) is 0 Å². The first-order valence-corrected chi connectivity index (χ1v) is 8.43. The van der Waals surface area contributed by atoms with Gasteiger partial charge in [-0.05, 0) is 43.4 Å². The number of hydrogen-bond acceptors (Lipinski definition) is 4. The third kappa shape index (κ3) is 5.73. The summed E-state index contributed by atoms with van der Waals surface area (Å²) >= 11 is 0. The van der Waals surface area contributed by atoms with Gasteiger partial charge in [-0.3, -0.25) is 15.1 Å². The summed E-state index contributed by atoms with van der Waals surface area (Å²) in [4.78, 5) is 16.5. The molecule has 0 bridgehead atoms. The van der Waals surface area contributed by atoms with Crippen LogP contribution in [-0.2, 0) is 32.7 Å². The number of rotatable bonds is 2. The number of nitro groups is 1. The standard InChI is InChI=1S/C13H14N3.C7H6NO2.Y/c1-4-12-11(3-2-6-15-12)13(5-1)16-9-7-14-8-10-16;1-6-3-2-4-7(5-6)8(9)10;/h1-6H,7-10H2;2-5H,1H2;/q2*-1;. The topological polar surface area (TPSA) is 73.4 Å². The Bertz CT molecular complexity index is 893. The second kappa shape index (κ2) is 10.4. The van der Waals surface area contributed by atoms with Crippen molar-refractivity contribution < 1.29 is 37.6 Å². The fourth-order valence-electron chi connectivity index (χ4n) is 2.88. The summed E-state index contributed by atoms with van der Waals surface area (Å²) in [6.07, 6.45) is 1.84. The van der Waals surface area contributed by atoms with Crippen LogP contribution in [-0.4, -0.2) is 36.1 Å². The second-order valence-electron chi connectivity index (χ2n) is 5.93. The number of fused-ring (bicyclic) bond motifs is 1. The van der Waals surface area contributed by atoms with Crippen LogP contribution >= 0.6 is 0 Å². The van der Waals surface area contributed by atoms with E-state index in [0.29, 0.717) is 5.56 Å². The number of hydrogen-bond donors (Lipinski definition) is 0. The van der Waals surface area contributed by atoms with Gasteiger partial charge >= 0.3 is 0 Å². The molecule has 6 nitrogen and oxygen atoms in total. The minimum atomic E-state index is -0.436. The smallest absolute Gasteiger partial charge is 0.216 e. The summed E-state index contributed by atoms with van der Waals surface area (Å²) in [5.41, 5.74) is 3.12. The van der Waals surface area contributed by atoms with E-state index < -0.39 is 4.92 Å². The summed E-state index contributed by atoms with van der Waals surface area (Å²) in [7, 11) is 0. The first-order valence-electron chi connectivity index (χ1n) is 8.43. The van der Waals surface area contributed by atoms with Gasteiger partial charge in [0.1, 0.15) is 0 Å². The second-order valence-corrected chi connectivity index (χ2v) is 5.93. The van der Waals surface area contributed by atoms with Crippen molar-refractivity contribution in [3.63, 3.8) is 0 Å². The van der Waals surface area contributed by atoms with E-state index in [1.165, 1.54) is 23.2 Å². The molecule has 1 aliphatic rings. The summed E-state index contributed by atoms with van der Waals surface area (Å²) in [5.74, 6) is 0. The fourth-order valence-corrected chi connectivity index (χ4v) is 2.88. The van der Waals surface area contributed by atoms with Gasteiger partial charge in [-0.25, -0.2) is 0 Å². The van der Waals surface area contributed by atoms with Gasteiger partial charge in [0, 0.05) is 54.9 Å². The Morgan fingerprint density at radius 2 is 1.81 bits per heavy atom. The molecule has 2 aromatic carbocycles.